The minimum Gasteiger partial charge on any atom is -0.406 e. The maximum Gasteiger partial charge on any atom is 0.573 e. The van der Waals surface area contributed by atoms with Gasteiger partial charge in [0.2, 0.25) is 5.91 Å². The molecule has 1 aromatic carbocycles. The summed E-state index contributed by atoms with van der Waals surface area (Å²) < 4.78 is 42.1. The summed E-state index contributed by atoms with van der Waals surface area (Å²) in [6.45, 7) is 4.96. The molecular weight excluding hydrogens is 385 g/mol. The number of piperazine rings is 1. The number of nitrogens with zero attached hydrogens (tertiary/aromatic N) is 1. The zero-order valence-corrected chi connectivity index (χ0v) is 16.8. The highest BCUT2D eigenvalue weighted by molar-refractivity contribution is 5.85. The summed E-state index contributed by atoms with van der Waals surface area (Å²) in [5, 5.41) is 14.8. The van der Waals surface area contributed by atoms with E-state index in [4.69, 9.17) is 0 Å². The van der Waals surface area contributed by atoms with Crippen LogP contribution in [0.15, 0.2) is 24.3 Å². The Balaban J connectivity index is 1.95. The summed E-state index contributed by atoms with van der Waals surface area (Å²) in [6.07, 6.45) is -1.37. The fraction of sp³-hybridized carbons (Fsp3) is 0.667. The van der Waals surface area contributed by atoms with Crippen molar-refractivity contribution in [2.75, 3.05) is 13.1 Å². The Hall–Kier alpha value is -1.80. The first kappa shape index (κ1) is 21.9. The maximum atomic E-state index is 13.6. The third kappa shape index (κ3) is 5.42. The topological polar surface area (TPSA) is 61.8 Å². The van der Waals surface area contributed by atoms with Crippen LogP contribution in [0.5, 0.6) is 5.75 Å². The number of amides is 1. The molecule has 1 aliphatic carbocycles. The zero-order chi connectivity index (χ0) is 21.2. The quantitative estimate of drug-likeness (QED) is 0.791. The van der Waals surface area contributed by atoms with E-state index >= 15 is 0 Å². The molecule has 1 aliphatic heterocycles. The number of alkyl halides is 3. The standard InChI is InChI=1S/C21H29F3N2O3/c1-14-12-26(13-15(2)25-14)19(27)18(20(28)9-4-3-5-10-20)16-7-6-8-17(11-16)29-21(22,23)24/h6-8,11,14-15,18,25,28H,3-5,9-10,12-13H2,1-2H3/t14-,15+,18-/m0/s1. The molecule has 2 aliphatic rings. The van der Waals surface area contributed by atoms with Crippen LogP contribution in [0.4, 0.5) is 13.2 Å². The summed E-state index contributed by atoms with van der Waals surface area (Å²) >= 11 is 0. The van der Waals surface area contributed by atoms with Crippen LogP contribution in [-0.4, -0.2) is 53.1 Å². The summed E-state index contributed by atoms with van der Waals surface area (Å²) in [4.78, 5) is 15.3. The van der Waals surface area contributed by atoms with Gasteiger partial charge in [-0.15, -0.1) is 13.2 Å². The van der Waals surface area contributed by atoms with Gasteiger partial charge in [0.05, 0.1) is 11.5 Å². The van der Waals surface area contributed by atoms with E-state index in [0.717, 1.165) is 19.3 Å². The van der Waals surface area contributed by atoms with Crippen LogP contribution < -0.4 is 10.1 Å². The molecule has 1 aromatic rings. The summed E-state index contributed by atoms with van der Waals surface area (Å²) in [5.74, 6) is -1.54. The second-order valence-electron chi connectivity index (χ2n) is 8.43. The first-order chi connectivity index (χ1) is 13.6. The Morgan fingerprint density at radius 3 is 2.41 bits per heavy atom. The average Bonchev–Trinajstić information content (AvgIpc) is 2.60. The zero-order valence-electron chi connectivity index (χ0n) is 16.8. The normalized spacial score (nSPS) is 26.1. The number of aliphatic hydroxyl groups is 1. The summed E-state index contributed by atoms with van der Waals surface area (Å²) in [5.41, 5.74) is -0.913. The molecule has 162 valence electrons. The van der Waals surface area contributed by atoms with Crippen molar-refractivity contribution in [2.45, 2.75) is 75.9 Å². The van der Waals surface area contributed by atoms with Crippen LogP contribution in [0.25, 0.3) is 0 Å². The van der Waals surface area contributed by atoms with Gasteiger partial charge < -0.3 is 20.1 Å². The fourth-order valence-electron chi connectivity index (χ4n) is 4.72. The van der Waals surface area contributed by atoms with Crippen molar-refractivity contribution in [1.82, 2.24) is 10.2 Å². The number of hydrogen-bond donors (Lipinski definition) is 2. The third-order valence-corrected chi connectivity index (χ3v) is 5.80. The molecule has 0 radical (unpaired) electrons. The van der Waals surface area contributed by atoms with Crippen molar-refractivity contribution in [3.05, 3.63) is 29.8 Å². The minimum absolute atomic E-state index is 0.101. The first-order valence-electron chi connectivity index (χ1n) is 10.2. The Morgan fingerprint density at radius 2 is 1.83 bits per heavy atom. The molecule has 2 fully saturated rings. The lowest BCUT2D eigenvalue weighted by atomic mass is 9.72. The van der Waals surface area contributed by atoms with Gasteiger partial charge in [0.15, 0.2) is 0 Å². The van der Waals surface area contributed by atoms with Crippen molar-refractivity contribution in [3.8, 4) is 5.75 Å². The van der Waals surface area contributed by atoms with Crippen molar-refractivity contribution in [2.24, 2.45) is 0 Å². The van der Waals surface area contributed by atoms with Gasteiger partial charge in [-0.25, -0.2) is 0 Å². The molecule has 0 aromatic heterocycles. The number of rotatable bonds is 4. The van der Waals surface area contributed by atoms with Crippen LogP contribution in [0, 0.1) is 0 Å². The SMILES string of the molecule is C[C@@H]1CN(C(=O)[C@H](c2cccc(OC(F)(F)F)c2)C2(O)CCCCC2)C[C@H](C)N1. The van der Waals surface area contributed by atoms with Crippen molar-refractivity contribution < 1.29 is 27.8 Å². The van der Waals surface area contributed by atoms with E-state index in [9.17, 15) is 23.1 Å². The third-order valence-electron chi connectivity index (χ3n) is 5.80. The molecule has 5 nitrogen and oxygen atoms in total. The van der Waals surface area contributed by atoms with E-state index < -0.39 is 17.9 Å². The molecule has 0 bridgehead atoms. The maximum absolute atomic E-state index is 13.6. The number of hydrogen-bond acceptors (Lipinski definition) is 4. The van der Waals surface area contributed by atoms with Gasteiger partial charge in [0.25, 0.3) is 0 Å². The fourth-order valence-corrected chi connectivity index (χ4v) is 4.72. The number of carbonyl (C=O) groups is 1. The molecule has 8 heteroatoms. The predicted octanol–water partition coefficient (Wildman–Crippen LogP) is 3.57. The number of benzene rings is 1. The molecule has 29 heavy (non-hydrogen) atoms. The monoisotopic (exact) mass is 414 g/mol. The van der Waals surface area contributed by atoms with Gasteiger partial charge in [0.1, 0.15) is 5.75 Å². The van der Waals surface area contributed by atoms with Crippen LogP contribution in [0.2, 0.25) is 0 Å². The first-order valence-corrected chi connectivity index (χ1v) is 10.2. The largest absolute Gasteiger partial charge is 0.573 e. The summed E-state index contributed by atoms with van der Waals surface area (Å²) in [6, 6.07) is 5.68. The molecule has 1 saturated carbocycles. The molecule has 3 atom stereocenters. The lowest BCUT2D eigenvalue weighted by Crippen LogP contribution is -2.58. The highest BCUT2D eigenvalue weighted by Gasteiger charge is 2.45. The predicted molar refractivity (Wildman–Crippen MR) is 103 cm³/mol. The van der Waals surface area contributed by atoms with Gasteiger partial charge in [-0.2, -0.15) is 0 Å². The van der Waals surface area contributed by atoms with Gasteiger partial charge in [-0.3, -0.25) is 4.79 Å². The van der Waals surface area contributed by atoms with Crippen LogP contribution in [-0.2, 0) is 4.79 Å². The van der Waals surface area contributed by atoms with Crippen LogP contribution in [0.3, 0.4) is 0 Å². The molecule has 1 saturated heterocycles. The summed E-state index contributed by atoms with van der Waals surface area (Å²) in [7, 11) is 0. The highest BCUT2D eigenvalue weighted by atomic mass is 19.4. The van der Waals surface area contributed by atoms with Crippen molar-refractivity contribution in [3.63, 3.8) is 0 Å². The number of halogens is 3. The molecular formula is C21H29F3N2O3. The molecule has 1 amide bonds. The highest BCUT2D eigenvalue weighted by Crippen LogP contribution is 2.42. The lowest BCUT2D eigenvalue weighted by molar-refractivity contribution is -0.274. The average molecular weight is 414 g/mol. The number of carbonyl (C=O) groups excluding carboxylic acids is 1. The van der Waals surface area contributed by atoms with E-state index in [1.54, 1.807) is 11.0 Å². The van der Waals surface area contributed by atoms with Gasteiger partial charge >= 0.3 is 6.36 Å². The Morgan fingerprint density at radius 1 is 1.21 bits per heavy atom. The van der Waals surface area contributed by atoms with Crippen LogP contribution in [0.1, 0.15) is 57.4 Å². The molecule has 3 rings (SSSR count). The minimum atomic E-state index is -4.82. The lowest BCUT2D eigenvalue weighted by Gasteiger charge is -2.43. The Bertz CT molecular complexity index is 709. The van der Waals surface area contributed by atoms with Crippen LogP contribution >= 0.6 is 0 Å². The van der Waals surface area contributed by atoms with Gasteiger partial charge in [0, 0.05) is 25.2 Å². The second-order valence-corrected chi connectivity index (χ2v) is 8.43. The van der Waals surface area contributed by atoms with E-state index in [-0.39, 0.29) is 23.7 Å². The van der Waals surface area contributed by atoms with E-state index in [2.05, 4.69) is 10.1 Å². The van der Waals surface area contributed by atoms with Crippen molar-refractivity contribution >= 4 is 5.91 Å². The van der Waals surface area contributed by atoms with E-state index in [0.29, 0.717) is 31.5 Å². The smallest absolute Gasteiger partial charge is 0.406 e. The molecule has 0 unspecified atom stereocenters. The molecule has 1 heterocycles. The molecule has 0 spiro atoms. The Labute approximate surface area is 169 Å². The number of nitrogens with one attached hydrogen (secondary N) is 1. The second kappa shape index (κ2) is 8.52. The van der Waals surface area contributed by atoms with Gasteiger partial charge in [-0.05, 0) is 44.4 Å². The van der Waals surface area contributed by atoms with E-state index in [1.807, 2.05) is 13.8 Å². The molecule has 2 N–H and O–H groups in total. The van der Waals surface area contributed by atoms with Gasteiger partial charge in [-0.1, -0.05) is 31.4 Å². The van der Waals surface area contributed by atoms with E-state index in [1.165, 1.54) is 18.2 Å². The Kier molecular flexibility index (Phi) is 6.43. The number of ether oxygens (including phenoxy) is 1. The van der Waals surface area contributed by atoms with Crippen molar-refractivity contribution in [1.29, 1.82) is 0 Å².